The molecule has 0 N–H and O–H groups in total. The van der Waals surface area contributed by atoms with Crippen LogP contribution in [0.4, 0.5) is 4.39 Å². The number of rotatable bonds is 2. The van der Waals surface area contributed by atoms with Gasteiger partial charge in [-0.05, 0) is 31.0 Å². The van der Waals surface area contributed by atoms with Crippen LogP contribution in [0, 0.1) is 11.7 Å². The van der Waals surface area contributed by atoms with Crippen LogP contribution in [0.25, 0.3) is 0 Å². The van der Waals surface area contributed by atoms with Gasteiger partial charge in [0, 0.05) is 16.0 Å². The maximum Gasteiger partial charge on any atom is 0.166 e. The Morgan fingerprint density at radius 1 is 1.38 bits per heavy atom. The van der Waals surface area contributed by atoms with Gasteiger partial charge in [-0.25, -0.2) is 4.39 Å². The zero-order valence-electron chi connectivity index (χ0n) is 6.89. The van der Waals surface area contributed by atoms with E-state index in [1.165, 1.54) is 12.1 Å². The van der Waals surface area contributed by atoms with Crippen LogP contribution in [0.3, 0.4) is 0 Å². The number of hydrogen-bond donors (Lipinski definition) is 0. The standard InChI is InChI=1S/C10H8BrFO/c11-8-3-7(4-9(12)5-8)10(13)6-1-2-6/h3-6H,1-2H2. The van der Waals surface area contributed by atoms with Gasteiger partial charge in [-0.2, -0.15) is 0 Å². The van der Waals surface area contributed by atoms with Gasteiger partial charge in [-0.3, -0.25) is 4.79 Å². The van der Waals surface area contributed by atoms with Crippen LogP contribution in [0.1, 0.15) is 23.2 Å². The number of Topliss-reactive ketones (excluding diaryl/α,β-unsaturated/α-hetero) is 1. The minimum Gasteiger partial charge on any atom is -0.294 e. The van der Waals surface area contributed by atoms with Gasteiger partial charge in [0.05, 0.1) is 0 Å². The summed E-state index contributed by atoms with van der Waals surface area (Å²) in [7, 11) is 0. The third kappa shape index (κ3) is 1.97. The molecule has 0 saturated heterocycles. The molecule has 1 aromatic rings. The highest BCUT2D eigenvalue weighted by Gasteiger charge is 2.30. The van der Waals surface area contributed by atoms with E-state index in [-0.39, 0.29) is 17.5 Å². The van der Waals surface area contributed by atoms with Crippen LogP contribution in [0.5, 0.6) is 0 Å². The predicted octanol–water partition coefficient (Wildman–Crippen LogP) is 3.18. The summed E-state index contributed by atoms with van der Waals surface area (Å²) in [5.74, 6) is -0.146. The molecular formula is C10H8BrFO. The Labute approximate surface area is 84.1 Å². The number of benzene rings is 1. The fraction of sp³-hybridized carbons (Fsp3) is 0.300. The topological polar surface area (TPSA) is 17.1 Å². The van der Waals surface area contributed by atoms with Gasteiger partial charge in [0.1, 0.15) is 5.82 Å². The minimum absolute atomic E-state index is 0.0696. The summed E-state index contributed by atoms with van der Waals surface area (Å²) < 4.78 is 13.5. The van der Waals surface area contributed by atoms with Gasteiger partial charge in [0.15, 0.2) is 5.78 Å². The summed E-state index contributed by atoms with van der Waals surface area (Å²) in [6.45, 7) is 0. The average molecular weight is 243 g/mol. The van der Waals surface area contributed by atoms with Crippen LogP contribution in [0.2, 0.25) is 0 Å². The molecule has 0 spiro atoms. The Kier molecular flexibility index (Phi) is 2.20. The predicted molar refractivity (Wildman–Crippen MR) is 51.2 cm³/mol. The molecule has 1 aromatic carbocycles. The van der Waals surface area contributed by atoms with E-state index < -0.39 is 0 Å². The monoisotopic (exact) mass is 242 g/mol. The van der Waals surface area contributed by atoms with E-state index in [4.69, 9.17) is 0 Å². The van der Waals surface area contributed by atoms with Crippen molar-refractivity contribution >= 4 is 21.7 Å². The molecule has 0 bridgehead atoms. The molecule has 0 aromatic heterocycles. The molecule has 0 amide bonds. The number of carbonyl (C=O) groups excluding carboxylic acids is 1. The summed E-state index contributed by atoms with van der Waals surface area (Å²) in [5, 5.41) is 0. The lowest BCUT2D eigenvalue weighted by atomic mass is 10.1. The van der Waals surface area contributed by atoms with Crippen LogP contribution >= 0.6 is 15.9 Å². The smallest absolute Gasteiger partial charge is 0.166 e. The van der Waals surface area contributed by atoms with Gasteiger partial charge in [-0.1, -0.05) is 15.9 Å². The SMILES string of the molecule is O=C(c1cc(F)cc(Br)c1)C1CC1. The lowest BCUT2D eigenvalue weighted by molar-refractivity contribution is 0.0967. The zero-order valence-corrected chi connectivity index (χ0v) is 8.47. The Morgan fingerprint density at radius 2 is 2.08 bits per heavy atom. The maximum absolute atomic E-state index is 12.9. The van der Waals surface area contributed by atoms with Crippen molar-refractivity contribution in [1.29, 1.82) is 0 Å². The van der Waals surface area contributed by atoms with E-state index in [1.54, 1.807) is 6.07 Å². The van der Waals surface area contributed by atoms with Gasteiger partial charge >= 0.3 is 0 Å². The molecule has 68 valence electrons. The van der Waals surface area contributed by atoms with E-state index in [1.807, 2.05) is 0 Å². The Hall–Kier alpha value is -0.700. The molecule has 1 fully saturated rings. The summed E-state index contributed by atoms with van der Waals surface area (Å²) in [6, 6.07) is 4.32. The molecular weight excluding hydrogens is 235 g/mol. The Balaban J connectivity index is 2.33. The average Bonchev–Trinajstić information content (AvgIpc) is 2.83. The first-order valence-corrected chi connectivity index (χ1v) is 4.96. The number of carbonyl (C=O) groups is 1. The molecule has 0 atom stereocenters. The van der Waals surface area contributed by atoms with Gasteiger partial charge in [0.2, 0.25) is 0 Å². The van der Waals surface area contributed by atoms with E-state index in [0.29, 0.717) is 10.0 Å². The summed E-state index contributed by atoms with van der Waals surface area (Å²) in [5.41, 5.74) is 0.481. The van der Waals surface area contributed by atoms with Crippen LogP contribution in [-0.2, 0) is 0 Å². The van der Waals surface area contributed by atoms with E-state index in [0.717, 1.165) is 12.8 Å². The molecule has 3 heteroatoms. The van der Waals surface area contributed by atoms with Crippen LogP contribution in [-0.4, -0.2) is 5.78 Å². The molecule has 1 nitrogen and oxygen atoms in total. The third-order valence-corrected chi connectivity index (χ3v) is 2.55. The highest BCUT2D eigenvalue weighted by Crippen LogP contribution is 2.33. The largest absolute Gasteiger partial charge is 0.294 e. The van der Waals surface area contributed by atoms with Crippen molar-refractivity contribution < 1.29 is 9.18 Å². The van der Waals surface area contributed by atoms with Crippen LogP contribution < -0.4 is 0 Å². The van der Waals surface area contributed by atoms with Gasteiger partial charge < -0.3 is 0 Å². The molecule has 1 saturated carbocycles. The van der Waals surface area contributed by atoms with Crippen molar-refractivity contribution in [2.24, 2.45) is 5.92 Å². The van der Waals surface area contributed by atoms with Crippen molar-refractivity contribution in [2.75, 3.05) is 0 Å². The summed E-state index contributed by atoms with van der Waals surface area (Å²) in [6.07, 6.45) is 1.90. The van der Waals surface area contributed by atoms with Gasteiger partial charge in [-0.15, -0.1) is 0 Å². The van der Waals surface area contributed by atoms with Crippen molar-refractivity contribution in [1.82, 2.24) is 0 Å². The summed E-state index contributed by atoms with van der Waals surface area (Å²) >= 11 is 3.16. The minimum atomic E-state index is -0.363. The lowest BCUT2D eigenvalue weighted by Crippen LogP contribution is -2.01. The van der Waals surface area contributed by atoms with Crippen molar-refractivity contribution in [3.63, 3.8) is 0 Å². The highest BCUT2D eigenvalue weighted by atomic mass is 79.9. The number of halogens is 2. The number of hydrogen-bond acceptors (Lipinski definition) is 1. The quantitative estimate of drug-likeness (QED) is 0.729. The molecule has 0 heterocycles. The molecule has 1 aliphatic rings. The molecule has 0 unspecified atom stereocenters. The fourth-order valence-corrected chi connectivity index (χ4v) is 1.74. The van der Waals surface area contributed by atoms with E-state index >= 15 is 0 Å². The first-order valence-electron chi connectivity index (χ1n) is 4.17. The Bertz CT molecular complexity index is 338. The van der Waals surface area contributed by atoms with E-state index in [2.05, 4.69) is 15.9 Å². The second-order valence-electron chi connectivity index (χ2n) is 3.30. The maximum atomic E-state index is 12.9. The molecule has 0 radical (unpaired) electrons. The first-order chi connectivity index (χ1) is 6.16. The molecule has 2 rings (SSSR count). The molecule has 0 aliphatic heterocycles. The first kappa shape index (κ1) is 8.88. The molecule has 13 heavy (non-hydrogen) atoms. The second-order valence-corrected chi connectivity index (χ2v) is 4.21. The fourth-order valence-electron chi connectivity index (χ4n) is 1.28. The zero-order chi connectivity index (χ0) is 9.42. The number of ketones is 1. The van der Waals surface area contributed by atoms with Crippen molar-refractivity contribution in [2.45, 2.75) is 12.8 Å². The highest BCUT2D eigenvalue weighted by molar-refractivity contribution is 9.10. The second kappa shape index (κ2) is 3.22. The normalized spacial score (nSPS) is 15.8. The lowest BCUT2D eigenvalue weighted by Gasteiger charge is -1.99. The van der Waals surface area contributed by atoms with Crippen molar-refractivity contribution in [3.05, 3.63) is 34.1 Å². The molecule has 1 aliphatic carbocycles. The summed E-state index contributed by atoms with van der Waals surface area (Å²) in [4.78, 5) is 11.5. The van der Waals surface area contributed by atoms with Crippen molar-refractivity contribution in [3.8, 4) is 0 Å². The van der Waals surface area contributed by atoms with Gasteiger partial charge in [0.25, 0.3) is 0 Å². The third-order valence-electron chi connectivity index (χ3n) is 2.10. The Morgan fingerprint density at radius 3 is 2.62 bits per heavy atom. The van der Waals surface area contributed by atoms with Crippen LogP contribution in [0.15, 0.2) is 22.7 Å². The van der Waals surface area contributed by atoms with E-state index in [9.17, 15) is 9.18 Å².